The molecule has 4 heteroatoms. The van der Waals surface area contributed by atoms with Gasteiger partial charge in [0.1, 0.15) is 0 Å². The fourth-order valence-corrected chi connectivity index (χ4v) is 4.57. The predicted octanol–water partition coefficient (Wildman–Crippen LogP) is 5.96. The number of anilines is 1. The van der Waals surface area contributed by atoms with Gasteiger partial charge in [0, 0.05) is 5.02 Å². The Morgan fingerprint density at radius 1 is 0.963 bits per heavy atom. The molecular formula is C23H24ClNO2. The number of fused-ring (bicyclic) bond motifs is 1. The summed E-state index contributed by atoms with van der Waals surface area (Å²) in [6.45, 7) is 1.97. The number of nitrogens with zero attached hydrogens (tertiary/aromatic N) is 1. The van der Waals surface area contributed by atoms with E-state index in [0.29, 0.717) is 21.8 Å². The van der Waals surface area contributed by atoms with Crippen molar-refractivity contribution in [3.8, 4) is 0 Å². The van der Waals surface area contributed by atoms with Crippen LogP contribution in [0.3, 0.4) is 0 Å². The molecule has 2 aromatic carbocycles. The van der Waals surface area contributed by atoms with Crippen LogP contribution in [0.15, 0.2) is 36.4 Å². The largest absolute Gasteiger partial charge is 0.268 e. The third-order valence-electron chi connectivity index (χ3n) is 5.92. The second kappa shape index (κ2) is 7.47. The number of aryl methyl sites for hydroxylation is 2. The molecule has 1 aliphatic heterocycles. The zero-order valence-corrected chi connectivity index (χ0v) is 16.4. The second-order valence-corrected chi connectivity index (χ2v) is 8.24. The molecular weight excluding hydrogens is 358 g/mol. The van der Waals surface area contributed by atoms with Crippen LogP contribution in [0.1, 0.15) is 70.4 Å². The Balaban J connectivity index is 1.53. The maximum Gasteiger partial charge on any atom is 0.266 e. The molecule has 1 fully saturated rings. The van der Waals surface area contributed by atoms with Gasteiger partial charge >= 0.3 is 0 Å². The lowest BCUT2D eigenvalue weighted by Gasteiger charge is -2.22. The van der Waals surface area contributed by atoms with Crippen molar-refractivity contribution in [1.29, 1.82) is 0 Å². The third-order valence-corrected chi connectivity index (χ3v) is 6.15. The Morgan fingerprint density at radius 2 is 1.70 bits per heavy atom. The van der Waals surface area contributed by atoms with Crippen LogP contribution >= 0.6 is 11.6 Å². The van der Waals surface area contributed by atoms with Crippen LogP contribution in [0.5, 0.6) is 0 Å². The zero-order valence-electron chi connectivity index (χ0n) is 15.6. The van der Waals surface area contributed by atoms with E-state index < -0.39 is 0 Å². The van der Waals surface area contributed by atoms with Crippen molar-refractivity contribution in [3.63, 3.8) is 0 Å². The first-order valence-electron chi connectivity index (χ1n) is 9.82. The highest BCUT2D eigenvalue weighted by molar-refractivity contribution is 6.36. The molecule has 0 N–H and O–H groups in total. The van der Waals surface area contributed by atoms with E-state index in [1.165, 1.54) is 49.0 Å². The van der Waals surface area contributed by atoms with Crippen LogP contribution in [0, 0.1) is 12.8 Å². The number of amides is 2. The minimum Gasteiger partial charge on any atom is -0.268 e. The van der Waals surface area contributed by atoms with Gasteiger partial charge in [-0.3, -0.25) is 9.59 Å². The van der Waals surface area contributed by atoms with Crippen molar-refractivity contribution in [1.82, 2.24) is 0 Å². The van der Waals surface area contributed by atoms with Crippen LogP contribution in [0.25, 0.3) is 0 Å². The van der Waals surface area contributed by atoms with Crippen molar-refractivity contribution < 1.29 is 9.59 Å². The maximum absolute atomic E-state index is 12.8. The van der Waals surface area contributed by atoms with Crippen LogP contribution in [0.2, 0.25) is 5.02 Å². The number of benzene rings is 2. The second-order valence-electron chi connectivity index (χ2n) is 7.80. The average molecular weight is 382 g/mol. The fourth-order valence-electron chi connectivity index (χ4n) is 4.40. The molecule has 27 heavy (non-hydrogen) atoms. The van der Waals surface area contributed by atoms with Crippen molar-refractivity contribution in [2.45, 2.75) is 51.9 Å². The molecule has 0 unspecified atom stereocenters. The molecule has 0 saturated heterocycles. The van der Waals surface area contributed by atoms with E-state index in [2.05, 4.69) is 12.1 Å². The maximum atomic E-state index is 12.8. The van der Waals surface area contributed by atoms with Gasteiger partial charge in [-0.25, -0.2) is 4.90 Å². The molecule has 4 rings (SSSR count). The number of carbonyl (C=O) groups excluding carboxylic acids is 2. The quantitative estimate of drug-likeness (QED) is 0.612. The van der Waals surface area contributed by atoms with Gasteiger partial charge in [-0.1, -0.05) is 55.8 Å². The standard InChI is InChI=1S/C23H24ClNO2/c1-15-13-17(8-7-16-5-3-2-4-6-16)9-12-21(15)25-22(26)19-11-10-18(24)14-20(19)23(25)27/h9-14,16H,2-8H2,1H3. The Morgan fingerprint density at radius 3 is 2.44 bits per heavy atom. The van der Waals surface area contributed by atoms with E-state index in [1.807, 2.05) is 13.0 Å². The minimum atomic E-state index is -0.296. The minimum absolute atomic E-state index is 0.273. The van der Waals surface area contributed by atoms with Gasteiger partial charge in [0.25, 0.3) is 11.8 Å². The highest BCUT2D eigenvalue weighted by atomic mass is 35.5. The summed E-state index contributed by atoms with van der Waals surface area (Å²) >= 11 is 6.00. The summed E-state index contributed by atoms with van der Waals surface area (Å²) in [5.41, 5.74) is 3.70. The molecule has 0 bridgehead atoms. The first-order valence-corrected chi connectivity index (χ1v) is 10.2. The number of hydrogen-bond donors (Lipinski definition) is 0. The number of hydrogen-bond acceptors (Lipinski definition) is 2. The van der Waals surface area contributed by atoms with E-state index in [-0.39, 0.29) is 11.8 Å². The van der Waals surface area contributed by atoms with Gasteiger partial charge in [-0.05, 0) is 61.1 Å². The molecule has 0 spiro atoms. The molecule has 0 radical (unpaired) electrons. The first-order chi connectivity index (χ1) is 13.0. The van der Waals surface area contributed by atoms with Gasteiger partial charge in [0.05, 0.1) is 16.8 Å². The summed E-state index contributed by atoms with van der Waals surface area (Å²) in [6, 6.07) is 10.9. The molecule has 0 aromatic heterocycles. The lowest BCUT2D eigenvalue weighted by Crippen LogP contribution is -2.30. The number of imide groups is 1. The Labute approximate surface area is 165 Å². The zero-order chi connectivity index (χ0) is 19.0. The molecule has 140 valence electrons. The molecule has 1 saturated carbocycles. The van der Waals surface area contributed by atoms with Crippen LogP contribution in [-0.2, 0) is 6.42 Å². The number of rotatable bonds is 4. The molecule has 1 aliphatic carbocycles. The Kier molecular flexibility index (Phi) is 5.05. The summed E-state index contributed by atoms with van der Waals surface area (Å²) in [6.07, 6.45) is 9.12. The van der Waals surface area contributed by atoms with E-state index in [0.717, 1.165) is 17.9 Å². The summed E-state index contributed by atoms with van der Waals surface area (Å²) in [7, 11) is 0. The summed E-state index contributed by atoms with van der Waals surface area (Å²) < 4.78 is 0. The van der Waals surface area contributed by atoms with Crippen LogP contribution in [-0.4, -0.2) is 11.8 Å². The van der Waals surface area contributed by atoms with Gasteiger partial charge < -0.3 is 0 Å². The summed E-state index contributed by atoms with van der Waals surface area (Å²) in [4.78, 5) is 26.8. The lowest BCUT2D eigenvalue weighted by atomic mass is 9.85. The number of halogens is 1. The number of carbonyl (C=O) groups is 2. The van der Waals surface area contributed by atoms with E-state index in [1.54, 1.807) is 18.2 Å². The molecule has 2 aliphatic rings. The van der Waals surface area contributed by atoms with Crippen LogP contribution in [0.4, 0.5) is 5.69 Å². The van der Waals surface area contributed by atoms with Gasteiger partial charge in [-0.15, -0.1) is 0 Å². The van der Waals surface area contributed by atoms with E-state index >= 15 is 0 Å². The van der Waals surface area contributed by atoms with Gasteiger partial charge in [0.15, 0.2) is 0 Å². The highest BCUT2D eigenvalue weighted by Crippen LogP contribution is 2.33. The topological polar surface area (TPSA) is 37.4 Å². The first kappa shape index (κ1) is 18.2. The average Bonchev–Trinajstić information content (AvgIpc) is 2.91. The molecule has 0 atom stereocenters. The van der Waals surface area contributed by atoms with Gasteiger partial charge in [0.2, 0.25) is 0 Å². The lowest BCUT2D eigenvalue weighted by molar-refractivity contribution is 0.0926. The third kappa shape index (κ3) is 3.53. The summed E-state index contributed by atoms with van der Waals surface area (Å²) in [5, 5.41) is 0.464. The fraction of sp³-hybridized carbons (Fsp3) is 0.391. The molecule has 3 nitrogen and oxygen atoms in total. The van der Waals surface area contributed by atoms with E-state index in [9.17, 15) is 9.59 Å². The van der Waals surface area contributed by atoms with Crippen molar-refractivity contribution in [2.24, 2.45) is 5.92 Å². The van der Waals surface area contributed by atoms with Crippen molar-refractivity contribution in [2.75, 3.05) is 4.90 Å². The highest BCUT2D eigenvalue weighted by Gasteiger charge is 2.37. The van der Waals surface area contributed by atoms with Gasteiger partial charge in [-0.2, -0.15) is 0 Å². The normalized spacial score (nSPS) is 17.5. The Hall–Kier alpha value is -2.13. The van der Waals surface area contributed by atoms with Crippen molar-refractivity contribution in [3.05, 3.63) is 63.7 Å². The SMILES string of the molecule is Cc1cc(CCC2CCCCC2)ccc1N1C(=O)c2ccc(Cl)cc2C1=O. The molecule has 2 amide bonds. The van der Waals surface area contributed by atoms with E-state index in [4.69, 9.17) is 11.6 Å². The monoisotopic (exact) mass is 381 g/mol. The molecule has 1 heterocycles. The molecule has 2 aromatic rings. The van der Waals surface area contributed by atoms with Crippen molar-refractivity contribution >= 4 is 29.1 Å². The summed E-state index contributed by atoms with van der Waals surface area (Å²) in [5.74, 6) is 0.278. The van der Waals surface area contributed by atoms with Crippen LogP contribution < -0.4 is 4.90 Å². The predicted molar refractivity (Wildman–Crippen MR) is 109 cm³/mol. The smallest absolute Gasteiger partial charge is 0.266 e. The Bertz CT molecular complexity index is 899.